The van der Waals surface area contributed by atoms with Gasteiger partial charge in [-0.2, -0.15) is 0 Å². The second kappa shape index (κ2) is 5.86. The number of nitrogens with one attached hydrogen (secondary N) is 2. The van der Waals surface area contributed by atoms with E-state index in [-0.39, 0.29) is 18.2 Å². The number of piperidine rings is 1. The molecule has 0 bridgehead atoms. The smallest absolute Gasteiger partial charge is 0.251 e. The van der Waals surface area contributed by atoms with Gasteiger partial charge in [0.2, 0.25) is 11.8 Å². The Balaban J connectivity index is 2.01. The van der Waals surface area contributed by atoms with E-state index in [1.54, 1.807) is 12.1 Å². The number of hydrogen-bond acceptors (Lipinski definition) is 3. The lowest BCUT2D eigenvalue weighted by Gasteiger charge is -2.21. The molecular formula is C15H18N2O3. The SMILES string of the molecule is CC(C)c1ccc(C(=O)N[C@H]2CCC(=O)NC2=O)cc1. The molecular weight excluding hydrogens is 256 g/mol. The summed E-state index contributed by atoms with van der Waals surface area (Å²) in [6, 6.07) is 6.67. The standard InChI is InChI=1S/C15H18N2O3/c1-9(2)10-3-5-11(6-4-10)14(19)16-12-7-8-13(18)17-15(12)20/h3-6,9,12H,7-8H2,1-2H3,(H,16,19)(H,17,18,20)/t12-/m0/s1. The Bertz CT molecular complexity index is 535. The number of carbonyl (C=O) groups is 3. The van der Waals surface area contributed by atoms with Crippen molar-refractivity contribution in [3.63, 3.8) is 0 Å². The highest BCUT2D eigenvalue weighted by atomic mass is 16.2. The van der Waals surface area contributed by atoms with Crippen molar-refractivity contribution < 1.29 is 14.4 Å². The first-order chi connectivity index (χ1) is 9.47. The van der Waals surface area contributed by atoms with E-state index in [9.17, 15) is 14.4 Å². The Morgan fingerprint density at radius 1 is 1.25 bits per heavy atom. The zero-order chi connectivity index (χ0) is 14.7. The Kier molecular flexibility index (Phi) is 4.17. The maximum Gasteiger partial charge on any atom is 0.251 e. The van der Waals surface area contributed by atoms with Crippen molar-refractivity contribution in [3.8, 4) is 0 Å². The van der Waals surface area contributed by atoms with Crippen LogP contribution in [0.2, 0.25) is 0 Å². The predicted molar refractivity (Wildman–Crippen MR) is 74.2 cm³/mol. The van der Waals surface area contributed by atoms with Crippen LogP contribution in [0, 0.1) is 0 Å². The third-order valence-electron chi connectivity index (χ3n) is 3.38. The first kappa shape index (κ1) is 14.2. The van der Waals surface area contributed by atoms with Crippen molar-refractivity contribution in [2.45, 2.75) is 38.6 Å². The van der Waals surface area contributed by atoms with Gasteiger partial charge in [0.15, 0.2) is 0 Å². The molecule has 20 heavy (non-hydrogen) atoms. The van der Waals surface area contributed by atoms with Crippen LogP contribution in [0.25, 0.3) is 0 Å². The van der Waals surface area contributed by atoms with Crippen LogP contribution in [0.3, 0.4) is 0 Å². The summed E-state index contributed by atoms with van der Waals surface area (Å²) >= 11 is 0. The van der Waals surface area contributed by atoms with Gasteiger partial charge in [-0.1, -0.05) is 26.0 Å². The average molecular weight is 274 g/mol. The molecule has 1 heterocycles. The molecule has 0 aliphatic carbocycles. The monoisotopic (exact) mass is 274 g/mol. The lowest BCUT2D eigenvalue weighted by atomic mass is 10.0. The summed E-state index contributed by atoms with van der Waals surface area (Å²) in [6.07, 6.45) is 0.601. The van der Waals surface area contributed by atoms with E-state index >= 15 is 0 Å². The van der Waals surface area contributed by atoms with Crippen molar-refractivity contribution in [2.24, 2.45) is 0 Å². The average Bonchev–Trinajstić information content (AvgIpc) is 2.42. The molecule has 1 aromatic rings. The van der Waals surface area contributed by atoms with Gasteiger partial charge in [-0.25, -0.2) is 0 Å². The molecule has 1 fully saturated rings. The molecule has 5 heteroatoms. The molecule has 1 aliphatic heterocycles. The third-order valence-corrected chi connectivity index (χ3v) is 3.38. The van der Waals surface area contributed by atoms with Crippen molar-refractivity contribution in [3.05, 3.63) is 35.4 Å². The lowest BCUT2D eigenvalue weighted by Crippen LogP contribution is -2.52. The van der Waals surface area contributed by atoms with Crippen molar-refractivity contribution in [2.75, 3.05) is 0 Å². The molecule has 0 spiro atoms. The van der Waals surface area contributed by atoms with E-state index < -0.39 is 11.9 Å². The zero-order valence-electron chi connectivity index (χ0n) is 11.6. The zero-order valence-corrected chi connectivity index (χ0v) is 11.6. The van der Waals surface area contributed by atoms with Crippen LogP contribution >= 0.6 is 0 Å². The Morgan fingerprint density at radius 3 is 2.45 bits per heavy atom. The van der Waals surface area contributed by atoms with Gasteiger partial charge in [0.05, 0.1) is 0 Å². The summed E-state index contributed by atoms with van der Waals surface area (Å²) in [6.45, 7) is 4.16. The maximum absolute atomic E-state index is 12.0. The summed E-state index contributed by atoms with van der Waals surface area (Å²) < 4.78 is 0. The normalized spacial score (nSPS) is 18.9. The maximum atomic E-state index is 12.0. The van der Waals surface area contributed by atoms with Crippen LogP contribution in [0.1, 0.15) is 48.5 Å². The van der Waals surface area contributed by atoms with Crippen molar-refractivity contribution >= 4 is 17.7 Å². The van der Waals surface area contributed by atoms with Crippen molar-refractivity contribution in [1.82, 2.24) is 10.6 Å². The first-order valence-electron chi connectivity index (χ1n) is 6.72. The molecule has 0 saturated carbocycles. The molecule has 5 nitrogen and oxygen atoms in total. The Morgan fingerprint density at radius 2 is 1.90 bits per heavy atom. The van der Waals surface area contributed by atoms with Gasteiger partial charge in [-0.15, -0.1) is 0 Å². The van der Waals surface area contributed by atoms with E-state index in [1.165, 1.54) is 0 Å². The first-order valence-corrected chi connectivity index (χ1v) is 6.72. The third kappa shape index (κ3) is 3.23. The Labute approximate surface area is 117 Å². The summed E-state index contributed by atoms with van der Waals surface area (Å²) in [5.74, 6) is -0.618. The number of imide groups is 1. The molecule has 2 N–H and O–H groups in total. The second-order valence-electron chi connectivity index (χ2n) is 5.25. The number of benzene rings is 1. The minimum atomic E-state index is -0.634. The van der Waals surface area contributed by atoms with E-state index in [0.29, 0.717) is 17.9 Å². The van der Waals surface area contributed by atoms with Gasteiger partial charge in [0, 0.05) is 12.0 Å². The fourth-order valence-corrected chi connectivity index (χ4v) is 2.09. The quantitative estimate of drug-likeness (QED) is 0.817. The number of hydrogen-bond donors (Lipinski definition) is 2. The fourth-order valence-electron chi connectivity index (χ4n) is 2.09. The van der Waals surface area contributed by atoms with E-state index in [4.69, 9.17) is 0 Å². The van der Waals surface area contributed by atoms with Crippen molar-refractivity contribution in [1.29, 1.82) is 0 Å². The van der Waals surface area contributed by atoms with Crippen LogP contribution in [-0.4, -0.2) is 23.8 Å². The largest absolute Gasteiger partial charge is 0.340 e. The second-order valence-corrected chi connectivity index (χ2v) is 5.25. The molecule has 1 aromatic carbocycles. The van der Waals surface area contributed by atoms with E-state index in [1.807, 2.05) is 12.1 Å². The number of carbonyl (C=O) groups excluding carboxylic acids is 3. The van der Waals surface area contributed by atoms with Gasteiger partial charge in [-0.05, 0) is 30.0 Å². The van der Waals surface area contributed by atoms with Crippen LogP contribution < -0.4 is 10.6 Å². The van der Waals surface area contributed by atoms with Crippen LogP contribution in [-0.2, 0) is 9.59 Å². The molecule has 2 rings (SSSR count). The van der Waals surface area contributed by atoms with Gasteiger partial charge in [0.25, 0.3) is 5.91 Å². The molecule has 1 saturated heterocycles. The van der Waals surface area contributed by atoms with Gasteiger partial charge in [0.1, 0.15) is 6.04 Å². The van der Waals surface area contributed by atoms with Gasteiger partial charge >= 0.3 is 0 Å². The summed E-state index contributed by atoms with van der Waals surface area (Å²) in [5, 5.41) is 4.87. The molecule has 0 aromatic heterocycles. The molecule has 0 radical (unpaired) electrons. The number of amides is 3. The summed E-state index contributed by atoms with van der Waals surface area (Å²) in [7, 11) is 0. The van der Waals surface area contributed by atoms with Gasteiger partial charge in [-0.3, -0.25) is 19.7 Å². The van der Waals surface area contributed by atoms with Crippen LogP contribution in [0.4, 0.5) is 0 Å². The van der Waals surface area contributed by atoms with E-state index in [2.05, 4.69) is 24.5 Å². The van der Waals surface area contributed by atoms with Crippen LogP contribution in [0.5, 0.6) is 0 Å². The molecule has 0 unspecified atom stereocenters. The topological polar surface area (TPSA) is 75.3 Å². The highest BCUT2D eigenvalue weighted by Crippen LogP contribution is 2.15. The molecule has 3 amide bonds. The van der Waals surface area contributed by atoms with E-state index in [0.717, 1.165) is 5.56 Å². The summed E-state index contributed by atoms with van der Waals surface area (Å²) in [5.41, 5.74) is 1.67. The number of rotatable bonds is 3. The molecule has 1 aliphatic rings. The predicted octanol–water partition coefficient (Wildman–Crippen LogP) is 1.34. The van der Waals surface area contributed by atoms with Gasteiger partial charge < -0.3 is 5.32 Å². The fraction of sp³-hybridized carbons (Fsp3) is 0.400. The Hall–Kier alpha value is -2.17. The highest BCUT2D eigenvalue weighted by molar-refractivity contribution is 6.03. The highest BCUT2D eigenvalue weighted by Gasteiger charge is 2.27. The molecule has 1 atom stereocenters. The lowest BCUT2D eigenvalue weighted by molar-refractivity contribution is -0.134. The van der Waals surface area contributed by atoms with Crippen LogP contribution in [0.15, 0.2) is 24.3 Å². The summed E-state index contributed by atoms with van der Waals surface area (Å²) in [4.78, 5) is 34.6. The molecule has 106 valence electrons. The minimum Gasteiger partial charge on any atom is -0.340 e. The minimum absolute atomic E-state index is 0.253.